The van der Waals surface area contributed by atoms with E-state index < -0.39 is 6.10 Å². The molecule has 5 heteroatoms. The molecule has 3 N–H and O–H groups in total. The standard InChI is InChI=1S/C12H13NO4/c14-7-10(15)6-13-9-2-3-11-8(5-9)1-4-12(16)17-11/h1-5,10,13-15H,6-7H2. The summed E-state index contributed by atoms with van der Waals surface area (Å²) in [5.74, 6) is 0. The Morgan fingerprint density at radius 1 is 1.29 bits per heavy atom. The first kappa shape index (κ1) is 11.6. The quantitative estimate of drug-likeness (QED) is 0.674. The largest absolute Gasteiger partial charge is 0.423 e. The minimum absolute atomic E-state index is 0.263. The average Bonchev–Trinajstić information content (AvgIpc) is 2.35. The minimum atomic E-state index is -0.792. The fourth-order valence-electron chi connectivity index (χ4n) is 1.48. The highest BCUT2D eigenvalue weighted by atomic mass is 16.4. The number of anilines is 1. The van der Waals surface area contributed by atoms with Gasteiger partial charge in [-0.15, -0.1) is 0 Å². The van der Waals surface area contributed by atoms with Gasteiger partial charge in [0.1, 0.15) is 5.58 Å². The van der Waals surface area contributed by atoms with E-state index >= 15 is 0 Å². The monoisotopic (exact) mass is 235 g/mol. The van der Waals surface area contributed by atoms with E-state index in [-0.39, 0.29) is 18.8 Å². The molecule has 0 amide bonds. The van der Waals surface area contributed by atoms with Crippen LogP contribution < -0.4 is 10.9 Å². The summed E-state index contributed by atoms with van der Waals surface area (Å²) in [6.45, 7) is -0.0196. The highest BCUT2D eigenvalue weighted by molar-refractivity contribution is 5.80. The normalized spacial score (nSPS) is 12.6. The van der Waals surface area contributed by atoms with Crippen molar-refractivity contribution in [3.8, 4) is 0 Å². The highest BCUT2D eigenvalue weighted by Crippen LogP contribution is 2.17. The summed E-state index contributed by atoms with van der Waals surface area (Å²) in [5.41, 5.74) is 0.929. The Kier molecular flexibility index (Phi) is 3.41. The Morgan fingerprint density at radius 3 is 2.88 bits per heavy atom. The number of aliphatic hydroxyl groups excluding tert-OH is 2. The molecule has 1 atom stereocenters. The zero-order valence-corrected chi connectivity index (χ0v) is 9.09. The van der Waals surface area contributed by atoms with Crippen LogP contribution in [0.1, 0.15) is 0 Å². The summed E-state index contributed by atoms with van der Waals surface area (Å²) in [6.07, 6.45) is -0.792. The average molecular weight is 235 g/mol. The molecule has 0 saturated carbocycles. The molecule has 0 radical (unpaired) electrons. The van der Waals surface area contributed by atoms with Crippen molar-refractivity contribution in [2.45, 2.75) is 6.10 Å². The molecule has 0 bridgehead atoms. The lowest BCUT2D eigenvalue weighted by Gasteiger charge is -2.10. The lowest BCUT2D eigenvalue weighted by molar-refractivity contribution is 0.105. The van der Waals surface area contributed by atoms with Gasteiger partial charge in [-0.3, -0.25) is 0 Å². The fraction of sp³-hybridized carbons (Fsp3) is 0.250. The van der Waals surface area contributed by atoms with E-state index in [4.69, 9.17) is 9.52 Å². The minimum Gasteiger partial charge on any atom is -0.423 e. The summed E-state index contributed by atoms with van der Waals surface area (Å²) in [4.78, 5) is 11.0. The Hall–Kier alpha value is -1.85. The zero-order valence-electron chi connectivity index (χ0n) is 9.09. The van der Waals surface area contributed by atoms with E-state index in [1.54, 1.807) is 18.2 Å². The molecule has 1 aromatic heterocycles. The van der Waals surface area contributed by atoms with Crippen LogP contribution in [0.5, 0.6) is 0 Å². The van der Waals surface area contributed by atoms with Crippen LogP contribution in [0.4, 0.5) is 5.69 Å². The summed E-state index contributed by atoms with van der Waals surface area (Å²) < 4.78 is 4.99. The van der Waals surface area contributed by atoms with Crippen LogP contribution in [0.2, 0.25) is 0 Å². The molecule has 0 aliphatic heterocycles. The maximum Gasteiger partial charge on any atom is 0.336 e. The van der Waals surface area contributed by atoms with Gasteiger partial charge >= 0.3 is 5.63 Å². The Bertz CT molecular complexity index is 564. The first-order chi connectivity index (χ1) is 8.19. The number of hydrogen-bond acceptors (Lipinski definition) is 5. The summed E-state index contributed by atoms with van der Waals surface area (Å²) in [6, 6.07) is 8.27. The van der Waals surface area contributed by atoms with Gasteiger partial charge in [0.2, 0.25) is 0 Å². The van der Waals surface area contributed by atoms with E-state index in [9.17, 15) is 9.90 Å². The van der Waals surface area contributed by atoms with Gasteiger partial charge in [-0.05, 0) is 24.3 Å². The Balaban J connectivity index is 2.20. The van der Waals surface area contributed by atoms with Crippen molar-refractivity contribution in [1.29, 1.82) is 0 Å². The number of nitrogens with one attached hydrogen (secondary N) is 1. The third-order valence-electron chi connectivity index (χ3n) is 2.37. The SMILES string of the molecule is O=c1ccc2cc(NCC(O)CO)ccc2o1. The molecule has 1 heterocycles. The Labute approximate surface area is 97.3 Å². The molecule has 0 saturated heterocycles. The van der Waals surface area contributed by atoms with E-state index in [0.717, 1.165) is 11.1 Å². The van der Waals surface area contributed by atoms with Gasteiger partial charge in [0, 0.05) is 23.7 Å². The van der Waals surface area contributed by atoms with Gasteiger partial charge in [-0.1, -0.05) is 0 Å². The molecular weight excluding hydrogens is 222 g/mol. The third-order valence-corrected chi connectivity index (χ3v) is 2.37. The summed E-state index contributed by atoms with van der Waals surface area (Å²) in [5, 5.41) is 21.6. The molecular formula is C12H13NO4. The fourth-order valence-corrected chi connectivity index (χ4v) is 1.48. The molecule has 1 unspecified atom stereocenters. The van der Waals surface area contributed by atoms with E-state index in [1.165, 1.54) is 6.07 Å². The lowest BCUT2D eigenvalue weighted by atomic mass is 10.2. The first-order valence-corrected chi connectivity index (χ1v) is 5.26. The molecule has 1 aromatic carbocycles. The number of aliphatic hydroxyl groups is 2. The molecule has 0 spiro atoms. The van der Waals surface area contributed by atoms with Gasteiger partial charge in [-0.25, -0.2) is 4.79 Å². The van der Waals surface area contributed by atoms with E-state index in [0.29, 0.717) is 5.58 Å². The van der Waals surface area contributed by atoms with Crippen molar-refractivity contribution in [2.75, 3.05) is 18.5 Å². The van der Waals surface area contributed by atoms with Crippen LogP contribution >= 0.6 is 0 Å². The molecule has 90 valence electrons. The predicted octanol–water partition coefficient (Wildman–Crippen LogP) is 0.558. The maximum atomic E-state index is 11.0. The van der Waals surface area contributed by atoms with Crippen LogP contribution in [0.3, 0.4) is 0 Å². The summed E-state index contributed by atoms with van der Waals surface area (Å²) >= 11 is 0. The van der Waals surface area contributed by atoms with Crippen molar-refractivity contribution in [2.24, 2.45) is 0 Å². The van der Waals surface area contributed by atoms with Crippen molar-refractivity contribution in [1.82, 2.24) is 0 Å². The number of hydrogen-bond donors (Lipinski definition) is 3. The third kappa shape index (κ3) is 2.83. The topological polar surface area (TPSA) is 82.7 Å². The lowest BCUT2D eigenvalue weighted by Crippen LogP contribution is -2.22. The van der Waals surface area contributed by atoms with Crippen LogP contribution in [0, 0.1) is 0 Å². The molecule has 17 heavy (non-hydrogen) atoms. The molecule has 0 fully saturated rings. The molecule has 2 aromatic rings. The molecule has 0 aliphatic rings. The van der Waals surface area contributed by atoms with E-state index in [1.807, 2.05) is 6.07 Å². The van der Waals surface area contributed by atoms with Crippen LogP contribution in [-0.4, -0.2) is 29.5 Å². The molecule has 0 aliphatic carbocycles. The highest BCUT2D eigenvalue weighted by Gasteiger charge is 2.02. The van der Waals surface area contributed by atoms with Gasteiger partial charge in [-0.2, -0.15) is 0 Å². The second kappa shape index (κ2) is 4.99. The smallest absolute Gasteiger partial charge is 0.336 e. The van der Waals surface area contributed by atoms with Gasteiger partial charge in [0.05, 0.1) is 12.7 Å². The zero-order chi connectivity index (χ0) is 12.3. The van der Waals surface area contributed by atoms with E-state index in [2.05, 4.69) is 5.32 Å². The Morgan fingerprint density at radius 2 is 2.12 bits per heavy atom. The maximum absolute atomic E-state index is 11.0. The van der Waals surface area contributed by atoms with Crippen molar-refractivity contribution in [3.63, 3.8) is 0 Å². The first-order valence-electron chi connectivity index (χ1n) is 5.26. The summed E-state index contributed by atoms with van der Waals surface area (Å²) in [7, 11) is 0. The van der Waals surface area contributed by atoms with Crippen LogP contribution in [-0.2, 0) is 0 Å². The predicted molar refractivity (Wildman–Crippen MR) is 64.1 cm³/mol. The van der Waals surface area contributed by atoms with Crippen LogP contribution in [0.15, 0.2) is 39.5 Å². The van der Waals surface area contributed by atoms with Gasteiger partial charge in [0.15, 0.2) is 0 Å². The van der Waals surface area contributed by atoms with Crippen molar-refractivity contribution in [3.05, 3.63) is 40.8 Å². The molecule has 2 rings (SSSR count). The second-order valence-electron chi connectivity index (χ2n) is 3.72. The number of fused-ring (bicyclic) bond motifs is 1. The number of benzene rings is 1. The van der Waals surface area contributed by atoms with Crippen molar-refractivity contribution < 1.29 is 14.6 Å². The number of rotatable bonds is 4. The second-order valence-corrected chi connectivity index (χ2v) is 3.72. The van der Waals surface area contributed by atoms with Gasteiger partial charge < -0.3 is 19.9 Å². The van der Waals surface area contributed by atoms with Crippen LogP contribution in [0.25, 0.3) is 11.0 Å². The molecule has 5 nitrogen and oxygen atoms in total. The van der Waals surface area contributed by atoms with Crippen molar-refractivity contribution >= 4 is 16.7 Å². The van der Waals surface area contributed by atoms with Gasteiger partial charge in [0.25, 0.3) is 0 Å².